The van der Waals surface area contributed by atoms with E-state index in [9.17, 15) is 8.63 Å². The molecule has 0 aliphatic carbocycles. The Balaban J connectivity index is 2.13. The fourth-order valence-corrected chi connectivity index (χ4v) is 4.09. The SMILES string of the molecule is F[B-]1(F)n2c(Br)ccc2C(c2ccncc2)=C2C=CC(Br)=[N+]21. The Morgan fingerprint density at radius 1 is 1.05 bits per heavy atom. The fourth-order valence-electron chi connectivity index (χ4n) is 2.95. The van der Waals surface area contributed by atoms with Crippen LogP contribution in [0.3, 0.4) is 0 Å². The molecule has 0 radical (unpaired) electrons. The minimum absolute atomic E-state index is 0.352. The summed E-state index contributed by atoms with van der Waals surface area (Å²) in [4.78, 5) is 4.00. The summed E-state index contributed by atoms with van der Waals surface area (Å²) in [5, 5.41) is 0. The van der Waals surface area contributed by atoms with Gasteiger partial charge < -0.3 is 17.6 Å². The van der Waals surface area contributed by atoms with Crippen LogP contribution in [0.4, 0.5) is 8.63 Å². The van der Waals surface area contributed by atoms with E-state index >= 15 is 0 Å². The molecule has 0 N–H and O–H groups in total. The quantitative estimate of drug-likeness (QED) is 0.631. The molecule has 0 amide bonds. The normalized spacial score (nSPS) is 18.7. The summed E-state index contributed by atoms with van der Waals surface area (Å²) >= 11 is 6.47. The molecule has 2 aliphatic heterocycles. The molecule has 0 aromatic carbocycles. The van der Waals surface area contributed by atoms with Gasteiger partial charge in [0.05, 0.1) is 10.2 Å². The molecule has 0 bridgehead atoms. The molecule has 0 unspecified atom stereocenters. The van der Waals surface area contributed by atoms with E-state index in [4.69, 9.17) is 0 Å². The van der Waals surface area contributed by atoms with E-state index in [1.165, 1.54) is 0 Å². The van der Waals surface area contributed by atoms with E-state index in [0.29, 0.717) is 20.6 Å². The number of hydrogen-bond donors (Lipinski definition) is 0. The van der Waals surface area contributed by atoms with Crippen molar-refractivity contribution in [3.8, 4) is 0 Å². The van der Waals surface area contributed by atoms with Gasteiger partial charge in [-0.3, -0.25) is 4.98 Å². The molecule has 8 heteroatoms. The summed E-state index contributed by atoms with van der Waals surface area (Å²) in [6.07, 6.45) is 6.67. The molecule has 0 saturated carbocycles. The first-order chi connectivity index (χ1) is 10.5. The Morgan fingerprint density at radius 3 is 2.50 bits per heavy atom. The van der Waals surface area contributed by atoms with Crippen LogP contribution in [0.15, 0.2) is 59.1 Å². The summed E-state index contributed by atoms with van der Waals surface area (Å²) in [5.74, 6) is 0. The van der Waals surface area contributed by atoms with E-state index in [0.717, 1.165) is 20.1 Å². The van der Waals surface area contributed by atoms with E-state index in [2.05, 4.69) is 36.8 Å². The Kier molecular flexibility index (Phi) is 3.03. The molecule has 2 aliphatic rings. The van der Waals surface area contributed by atoms with Crippen LogP contribution >= 0.6 is 31.9 Å². The van der Waals surface area contributed by atoms with Crippen LogP contribution in [-0.2, 0) is 0 Å². The Hall–Kier alpha value is -1.54. The monoisotopic (exact) mass is 425 g/mol. The van der Waals surface area contributed by atoms with Gasteiger partial charge in [-0.05, 0) is 45.8 Å². The number of rotatable bonds is 1. The lowest BCUT2D eigenvalue weighted by atomic mass is 9.87. The first-order valence-electron chi connectivity index (χ1n) is 6.56. The minimum Gasteiger partial charge on any atom is -0.389 e. The van der Waals surface area contributed by atoms with Crippen LogP contribution in [0.1, 0.15) is 11.3 Å². The van der Waals surface area contributed by atoms with Crippen molar-refractivity contribution in [2.45, 2.75) is 0 Å². The maximum absolute atomic E-state index is 15.0. The Morgan fingerprint density at radius 2 is 1.77 bits per heavy atom. The number of hydrogen-bond acceptors (Lipinski definition) is 1. The van der Waals surface area contributed by atoms with Gasteiger partial charge in [0.15, 0.2) is 5.70 Å². The van der Waals surface area contributed by atoms with E-state index in [1.807, 2.05) is 12.1 Å². The maximum atomic E-state index is 15.0. The van der Waals surface area contributed by atoms with Crippen molar-refractivity contribution >= 4 is 49.0 Å². The molecule has 0 fully saturated rings. The summed E-state index contributed by atoms with van der Waals surface area (Å²) in [5.41, 5.74) is 2.58. The van der Waals surface area contributed by atoms with Crippen LogP contribution in [0, 0.1) is 0 Å². The van der Waals surface area contributed by atoms with Gasteiger partial charge in [0.2, 0.25) is 4.62 Å². The standard InChI is InChI=1S/C14H8BBr2F2N3/c16-12-3-1-10-14(9-5-7-20-8-6-9)11-2-4-13(17)22(11)15(18,19)21(10)12/h1-8H. The van der Waals surface area contributed by atoms with E-state index in [1.54, 1.807) is 36.7 Å². The Bertz CT molecular complexity index is 885. The number of halogens is 4. The predicted octanol–water partition coefficient (Wildman–Crippen LogP) is 4.02. The second-order valence-corrected chi connectivity index (χ2v) is 6.65. The van der Waals surface area contributed by atoms with E-state index in [-0.39, 0.29) is 0 Å². The summed E-state index contributed by atoms with van der Waals surface area (Å²) in [6.45, 7) is -3.96. The number of allylic oxidation sites excluding steroid dienone is 2. The zero-order valence-corrected chi connectivity index (χ0v) is 14.2. The van der Waals surface area contributed by atoms with Crippen molar-refractivity contribution in [2.75, 3.05) is 0 Å². The van der Waals surface area contributed by atoms with Gasteiger partial charge in [0.25, 0.3) is 0 Å². The van der Waals surface area contributed by atoms with Crippen molar-refractivity contribution in [3.63, 3.8) is 0 Å². The molecular formula is C14H8BBr2F2N3. The average Bonchev–Trinajstić information content (AvgIpc) is 3.06. The molecule has 2 aromatic heterocycles. The topological polar surface area (TPSA) is 20.8 Å². The third-order valence-corrected chi connectivity index (χ3v) is 5.13. The zero-order valence-electron chi connectivity index (χ0n) is 11.0. The van der Waals surface area contributed by atoms with Gasteiger partial charge in [-0.2, -0.15) is 0 Å². The smallest absolute Gasteiger partial charge is 0.389 e. The fraction of sp³-hybridized carbons (Fsp3) is 0. The summed E-state index contributed by atoms with van der Waals surface area (Å²) < 4.78 is 32.7. The highest BCUT2D eigenvalue weighted by atomic mass is 79.9. The van der Waals surface area contributed by atoms with Crippen LogP contribution < -0.4 is 0 Å². The highest BCUT2D eigenvalue weighted by Crippen LogP contribution is 2.41. The third kappa shape index (κ3) is 1.77. The lowest BCUT2D eigenvalue weighted by Crippen LogP contribution is -2.50. The molecular weight excluding hydrogens is 419 g/mol. The maximum Gasteiger partial charge on any atom is 0.738 e. The molecule has 3 nitrogen and oxygen atoms in total. The van der Waals surface area contributed by atoms with Crippen LogP contribution in [0.5, 0.6) is 0 Å². The highest BCUT2D eigenvalue weighted by molar-refractivity contribution is 9.18. The van der Waals surface area contributed by atoms with Crippen molar-refractivity contribution in [1.29, 1.82) is 0 Å². The molecule has 4 rings (SSSR count). The average molecular weight is 427 g/mol. The predicted molar refractivity (Wildman–Crippen MR) is 89.1 cm³/mol. The van der Waals surface area contributed by atoms with Gasteiger partial charge >= 0.3 is 6.97 Å². The first kappa shape index (κ1) is 14.1. The van der Waals surface area contributed by atoms with Gasteiger partial charge in [0, 0.05) is 46.2 Å². The molecule has 22 heavy (non-hydrogen) atoms. The second kappa shape index (κ2) is 4.73. The number of aromatic nitrogens is 2. The summed E-state index contributed by atoms with van der Waals surface area (Å²) in [7, 11) is 0. The number of pyridine rings is 1. The second-order valence-electron chi connectivity index (χ2n) is 5.02. The molecule has 0 spiro atoms. The van der Waals surface area contributed by atoms with Gasteiger partial charge in [-0.15, -0.1) is 0 Å². The van der Waals surface area contributed by atoms with Crippen molar-refractivity contribution < 1.29 is 13.1 Å². The molecule has 110 valence electrons. The van der Waals surface area contributed by atoms with E-state index < -0.39 is 6.97 Å². The highest BCUT2D eigenvalue weighted by Gasteiger charge is 2.54. The third-order valence-electron chi connectivity index (χ3n) is 3.84. The first-order valence-corrected chi connectivity index (χ1v) is 8.14. The lowest BCUT2D eigenvalue weighted by Gasteiger charge is -2.32. The number of nitrogens with zero attached hydrogens (tertiary/aromatic N) is 3. The lowest BCUT2D eigenvalue weighted by molar-refractivity contribution is -0.358. The van der Waals surface area contributed by atoms with Crippen molar-refractivity contribution in [1.82, 2.24) is 9.46 Å². The van der Waals surface area contributed by atoms with Crippen LogP contribution in [0.25, 0.3) is 5.57 Å². The zero-order chi connectivity index (χ0) is 15.5. The molecule has 2 aromatic rings. The van der Waals surface area contributed by atoms with Gasteiger partial charge in [-0.1, -0.05) is 0 Å². The number of fused-ring (bicyclic) bond motifs is 2. The molecule has 0 saturated heterocycles. The minimum atomic E-state index is -3.96. The molecule has 4 heterocycles. The Labute approximate surface area is 142 Å². The largest absolute Gasteiger partial charge is 0.738 e. The van der Waals surface area contributed by atoms with Gasteiger partial charge in [0.1, 0.15) is 0 Å². The van der Waals surface area contributed by atoms with Crippen LogP contribution in [0.2, 0.25) is 0 Å². The molecule has 0 atom stereocenters. The van der Waals surface area contributed by atoms with Crippen molar-refractivity contribution in [2.24, 2.45) is 0 Å². The van der Waals surface area contributed by atoms with Crippen LogP contribution in [-0.4, -0.2) is 25.5 Å². The van der Waals surface area contributed by atoms with Crippen molar-refractivity contribution in [3.05, 3.63) is 70.4 Å². The summed E-state index contributed by atoms with van der Waals surface area (Å²) in [6, 6.07) is 7.00. The van der Waals surface area contributed by atoms with Gasteiger partial charge in [-0.25, -0.2) is 0 Å².